The van der Waals surface area contributed by atoms with Crippen LogP contribution in [0, 0.1) is 0 Å². The van der Waals surface area contributed by atoms with Crippen molar-refractivity contribution < 1.29 is 13.2 Å². The average Bonchev–Trinajstić information content (AvgIpc) is 2.57. The predicted octanol–water partition coefficient (Wildman–Crippen LogP) is 4.25. The summed E-state index contributed by atoms with van der Waals surface area (Å²) in [6.07, 6.45) is 1.08. The number of halogens is 1. The van der Waals surface area contributed by atoms with Gasteiger partial charge in [0.05, 0.1) is 17.6 Å². The summed E-state index contributed by atoms with van der Waals surface area (Å²) in [6, 6.07) is 12.9. The molecule has 0 saturated carbocycles. The fourth-order valence-electron chi connectivity index (χ4n) is 2.49. The highest BCUT2D eigenvalue weighted by Gasteiger charge is 2.29. The molecule has 0 heterocycles. The Morgan fingerprint density at radius 3 is 2.38 bits per heavy atom. The molecule has 2 aromatic carbocycles. The lowest BCUT2D eigenvalue weighted by Crippen LogP contribution is -2.45. The summed E-state index contributed by atoms with van der Waals surface area (Å²) in [7, 11) is -3.66. The minimum Gasteiger partial charge on any atom is -0.323 e. The second-order valence-corrected chi connectivity index (χ2v) is 9.23. The van der Waals surface area contributed by atoms with Gasteiger partial charge in [0.2, 0.25) is 15.9 Å². The Morgan fingerprint density at radius 2 is 1.81 bits per heavy atom. The highest BCUT2D eigenvalue weighted by Crippen LogP contribution is 2.28. The van der Waals surface area contributed by atoms with Crippen LogP contribution in [0.25, 0.3) is 0 Å². The molecular formula is C18H21ClN2O3S2. The summed E-state index contributed by atoms with van der Waals surface area (Å²) in [5.41, 5.74) is 1.05. The van der Waals surface area contributed by atoms with Crippen LogP contribution in [-0.4, -0.2) is 32.4 Å². The zero-order valence-electron chi connectivity index (χ0n) is 14.8. The van der Waals surface area contributed by atoms with E-state index in [9.17, 15) is 13.2 Å². The molecule has 1 amide bonds. The van der Waals surface area contributed by atoms with Crippen molar-refractivity contribution in [2.75, 3.05) is 21.6 Å². The van der Waals surface area contributed by atoms with Crippen LogP contribution in [0.2, 0.25) is 5.02 Å². The quantitative estimate of drug-likeness (QED) is 0.690. The van der Waals surface area contributed by atoms with Gasteiger partial charge in [-0.05, 0) is 49.1 Å². The van der Waals surface area contributed by atoms with E-state index in [2.05, 4.69) is 5.32 Å². The van der Waals surface area contributed by atoms with Gasteiger partial charge in [0.15, 0.2) is 0 Å². The first-order valence-corrected chi connectivity index (χ1v) is 11.2. The topological polar surface area (TPSA) is 66.5 Å². The monoisotopic (exact) mass is 412 g/mol. The Labute approximate surface area is 163 Å². The fourth-order valence-corrected chi connectivity index (χ4v) is 4.55. The van der Waals surface area contributed by atoms with Crippen molar-refractivity contribution in [1.82, 2.24) is 0 Å². The molecule has 0 radical (unpaired) electrons. The number of amides is 1. The van der Waals surface area contributed by atoms with Gasteiger partial charge in [-0.3, -0.25) is 9.10 Å². The summed E-state index contributed by atoms with van der Waals surface area (Å²) in [6.45, 7) is 3.58. The third-order valence-corrected chi connectivity index (χ3v) is 6.06. The lowest BCUT2D eigenvalue weighted by molar-refractivity contribution is -0.116. The minimum atomic E-state index is -3.66. The molecule has 26 heavy (non-hydrogen) atoms. The molecule has 0 aliphatic rings. The number of hydrogen-bond acceptors (Lipinski definition) is 4. The van der Waals surface area contributed by atoms with Crippen LogP contribution in [0.4, 0.5) is 11.4 Å². The molecule has 0 spiro atoms. The van der Waals surface area contributed by atoms with Gasteiger partial charge in [0.1, 0.15) is 6.04 Å². The number of carbonyl (C=O) groups excluding carboxylic acids is 1. The molecule has 1 atom stereocenters. The number of nitrogens with one attached hydrogen (secondary N) is 1. The van der Waals surface area contributed by atoms with Crippen molar-refractivity contribution in [3.63, 3.8) is 0 Å². The Kier molecular flexibility index (Phi) is 6.97. The van der Waals surface area contributed by atoms with E-state index in [0.717, 1.165) is 21.2 Å². The van der Waals surface area contributed by atoms with E-state index in [1.807, 2.05) is 25.1 Å². The van der Waals surface area contributed by atoms with E-state index < -0.39 is 22.0 Å². The van der Waals surface area contributed by atoms with E-state index in [1.165, 1.54) is 0 Å². The maximum absolute atomic E-state index is 12.7. The van der Waals surface area contributed by atoms with Gasteiger partial charge in [-0.15, -0.1) is 11.8 Å². The molecule has 2 rings (SSSR count). The Bertz CT molecular complexity index is 870. The minimum absolute atomic E-state index is 0.385. The third-order valence-electron chi connectivity index (χ3n) is 3.61. The van der Waals surface area contributed by atoms with Gasteiger partial charge in [-0.25, -0.2) is 8.42 Å². The summed E-state index contributed by atoms with van der Waals surface area (Å²) in [5.74, 6) is 0.456. The van der Waals surface area contributed by atoms with Crippen LogP contribution in [0.5, 0.6) is 0 Å². The first-order valence-electron chi connectivity index (χ1n) is 8.01. The number of carbonyl (C=O) groups is 1. The number of nitrogens with zero attached hydrogens (tertiary/aromatic N) is 1. The van der Waals surface area contributed by atoms with Crippen LogP contribution in [0.15, 0.2) is 53.4 Å². The van der Waals surface area contributed by atoms with Crippen LogP contribution in [0.1, 0.15) is 13.8 Å². The van der Waals surface area contributed by atoms with E-state index in [-0.39, 0.29) is 0 Å². The highest BCUT2D eigenvalue weighted by atomic mass is 35.5. The summed E-state index contributed by atoms with van der Waals surface area (Å²) in [4.78, 5) is 13.7. The highest BCUT2D eigenvalue weighted by molar-refractivity contribution is 7.99. The fraction of sp³-hybridized carbons (Fsp3) is 0.278. The number of sulfonamides is 1. The van der Waals surface area contributed by atoms with Crippen molar-refractivity contribution >= 4 is 50.7 Å². The van der Waals surface area contributed by atoms with Gasteiger partial charge in [-0.2, -0.15) is 0 Å². The second kappa shape index (κ2) is 8.79. The lowest BCUT2D eigenvalue weighted by Gasteiger charge is -2.28. The molecule has 0 fully saturated rings. The van der Waals surface area contributed by atoms with Crippen LogP contribution < -0.4 is 9.62 Å². The van der Waals surface area contributed by atoms with Crippen molar-refractivity contribution in [1.29, 1.82) is 0 Å². The molecule has 2 aromatic rings. The molecule has 140 valence electrons. The molecule has 0 bridgehead atoms. The van der Waals surface area contributed by atoms with Crippen molar-refractivity contribution in [3.8, 4) is 0 Å². The molecule has 5 nitrogen and oxygen atoms in total. The smallest absolute Gasteiger partial charge is 0.248 e. The van der Waals surface area contributed by atoms with E-state index in [1.54, 1.807) is 49.0 Å². The molecule has 8 heteroatoms. The maximum atomic E-state index is 12.7. The molecule has 0 saturated heterocycles. The molecule has 0 aromatic heterocycles. The van der Waals surface area contributed by atoms with Crippen LogP contribution >= 0.6 is 23.4 Å². The number of para-hydroxylation sites is 1. The maximum Gasteiger partial charge on any atom is 0.248 e. The Hall–Kier alpha value is -1.70. The first kappa shape index (κ1) is 20.6. The molecule has 0 aliphatic carbocycles. The molecule has 0 unspecified atom stereocenters. The number of benzene rings is 2. The zero-order valence-corrected chi connectivity index (χ0v) is 17.2. The summed E-state index contributed by atoms with van der Waals surface area (Å²) >= 11 is 7.48. The lowest BCUT2D eigenvalue weighted by atomic mass is 10.2. The van der Waals surface area contributed by atoms with Crippen molar-refractivity contribution in [3.05, 3.63) is 53.6 Å². The SMILES string of the molecule is CCSc1ccccc1NC(=O)[C@@H](C)N(c1ccc(Cl)cc1)S(C)(=O)=O. The second-order valence-electron chi connectivity index (χ2n) is 5.63. The van der Waals surface area contributed by atoms with Gasteiger partial charge < -0.3 is 5.32 Å². The van der Waals surface area contributed by atoms with Crippen molar-refractivity contribution in [2.45, 2.75) is 24.8 Å². The normalized spacial score (nSPS) is 12.5. The first-order chi connectivity index (χ1) is 12.2. The van der Waals surface area contributed by atoms with E-state index >= 15 is 0 Å². The number of rotatable bonds is 7. The van der Waals surface area contributed by atoms with Crippen LogP contribution in [0.3, 0.4) is 0 Å². The standard InChI is InChI=1S/C18H21ClN2O3S2/c1-4-25-17-8-6-5-7-16(17)20-18(22)13(2)21(26(3,23)24)15-11-9-14(19)10-12-15/h5-13H,4H2,1-3H3,(H,20,22)/t13-/m1/s1. The molecular weight excluding hydrogens is 392 g/mol. The number of anilines is 2. The van der Waals surface area contributed by atoms with Gasteiger partial charge in [0.25, 0.3) is 0 Å². The average molecular weight is 413 g/mol. The molecule has 0 aliphatic heterocycles. The van der Waals surface area contributed by atoms with Crippen LogP contribution in [-0.2, 0) is 14.8 Å². The number of hydrogen-bond donors (Lipinski definition) is 1. The van der Waals surface area contributed by atoms with Crippen molar-refractivity contribution in [2.24, 2.45) is 0 Å². The van der Waals surface area contributed by atoms with Gasteiger partial charge in [-0.1, -0.05) is 30.7 Å². The predicted molar refractivity (Wildman–Crippen MR) is 110 cm³/mol. The summed E-state index contributed by atoms with van der Waals surface area (Å²) in [5, 5.41) is 3.33. The van der Waals surface area contributed by atoms with E-state index in [4.69, 9.17) is 11.6 Å². The Morgan fingerprint density at radius 1 is 1.19 bits per heavy atom. The Balaban J connectivity index is 2.30. The largest absolute Gasteiger partial charge is 0.323 e. The third kappa shape index (κ3) is 5.16. The molecule has 1 N–H and O–H groups in total. The van der Waals surface area contributed by atoms with Gasteiger partial charge >= 0.3 is 0 Å². The zero-order chi connectivity index (χ0) is 19.3. The van der Waals surface area contributed by atoms with Gasteiger partial charge in [0, 0.05) is 9.92 Å². The number of thioether (sulfide) groups is 1. The van der Waals surface area contributed by atoms with E-state index in [0.29, 0.717) is 16.4 Å². The summed E-state index contributed by atoms with van der Waals surface area (Å²) < 4.78 is 25.7.